The zero-order valence-corrected chi connectivity index (χ0v) is 11.5. The fourth-order valence-corrected chi connectivity index (χ4v) is 2.74. The Morgan fingerprint density at radius 2 is 2.26 bits per heavy atom. The summed E-state index contributed by atoms with van der Waals surface area (Å²) in [5.74, 6) is -0.0338. The van der Waals surface area contributed by atoms with Crippen molar-refractivity contribution in [3.05, 3.63) is 24.0 Å². The Morgan fingerprint density at radius 3 is 2.89 bits per heavy atom. The number of aromatic nitrogens is 1. The smallest absolute Gasteiger partial charge is 0.268 e. The Kier molecular flexibility index (Phi) is 4.61. The summed E-state index contributed by atoms with van der Waals surface area (Å²) in [6.45, 7) is 1.79. The summed E-state index contributed by atoms with van der Waals surface area (Å²) in [5, 5.41) is 3.14. The highest BCUT2D eigenvalue weighted by atomic mass is 16.5. The van der Waals surface area contributed by atoms with E-state index in [1.165, 1.54) is 0 Å². The van der Waals surface area contributed by atoms with Gasteiger partial charge in [0.15, 0.2) is 0 Å². The molecule has 0 unspecified atom stereocenters. The molecule has 106 valence electrons. The molecule has 0 aromatic carbocycles. The zero-order chi connectivity index (χ0) is 13.7. The molecule has 1 saturated carbocycles. The molecule has 5 heteroatoms. The van der Waals surface area contributed by atoms with Gasteiger partial charge in [0.2, 0.25) is 0 Å². The van der Waals surface area contributed by atoms with Crippen LogP contribution in [0.15, 0.2) is 18.3 Å². The van der Waals surface area contributed by atoms with Crippen LogP contribution in [-0.2, 0) is 11.3 Å². The molecule has 19 heavy (non-hydrogen) atoms. The first-order valence-electron chi connectivity index (χ1n) is 6.87. The highest BCUT2D eigenvalue weighted by molar-refractivity contribution is 5.93. The predicted octanol–water partition coefficient (Wildman–Crippen LogP) is 1.14. The molecule has 0 bridgehead atoms. The molecule has 5 nitrogen and oxygen atoms in total. The number of carbonyl (C=O) groups excluding carboxylic acids is 1. The topological polar surface area (TPSA) is 69.3 Å². The number of nitrogens with zero attached hydrogens (tertiary/aromatic N) is 1. The molecule has 1 amide bonds. The van der Waals surface area contributed by atoms with Crippen LogP contribution in [0.1, 0.15) is 36.2 Å². The van der Waals surface area contributed by atoms with Crippen LogP contribution in [0.5, 0.6) is 0 Å². The second kappa shape index (κ2) is 6.21. The van der Waals surface area contributed by atoms with Crippen molar-refractivity contribution in [2.24, 2.45) is 5.73 Å². The van der Waals surface area contributed by atoms with E-state index < -0.39 is 0 Å². The minimum Gasteiger partial charge on any atom is -0.383 e. The van der Waals surface area contributed by atoms with Crippen molar-refractivity contribution in [3.63, 3.8) is 0 Å². The van der Waals surface area contributed by atoms with Crippen LogP contribution in [0.4, 0.5) is 0 Å². The zero-order valence-electron chi connectivity index (χ0n) is 11.5. The summed E-state index contributed by atoms with van der Waals surface area (Å²) in [6.07, 6.45) is 6.14. The summed E-state index contributed by atoms with van der Waals surface area (Å²) in [5.41, 5.74) is 6.32. The molecule has 1 aromatic heterocycles. The van der Waals surface area contributed by atoms with E-state index >= 15 is 0 Å². The second-order valence-electron chi connectivity index (χ2n) is 5.23. The lowest BCUT2D eigenvalue weighted by Crippen LogP contribution is -2.52. The van der Waals surface area contributed by atoms with Crippen LogP contribution in [0.3, 0.4) is 0 Å². The van der Waals surface area contributed by atoms with Gasteiger partial charge in [-0.05, 0) is 25.0 Å². The number of ether oxygens (including phenoxy) is 1. The Labute approximate surface area is 114 Å². The van der Waals surface area contributed by atoms with E-state index in [0.29, 0.717) is 25.4 Å². The number of amides is 1. The van der Waals surface area contributed by atoms with Gasteiger partial charge >= 0.3 is 0 Å². The first-order valence-corrected chi connectivity index (χ1v) is 6.87. The van der Waals surface area contributed by atoms with E-state index in [-0.39, 0.29) is 11.4 Å². The van der Waals surface area contributed by atoms with Gasteiger partial charge in [-0.15, -0.1) is 0 Å². The molecule has 1 fully saturated rings. The van der Waals surface area contributed by atoms with Gasteiger partial charge < -0.3 is 20.4 Å². The maximum absolute atomic E-state index is 12.4. The molecule has 1 aliphatic carbocycles. The number of hydrogen-bond acceptors (Lipinski definition) is 3. The Bertz CT molecular complexity index is 422. The third kappa shape index (κ3) is 3.16. The lowest BCUT2D eigenvalue weighted by atomic mass is 9.97. The van der Waals surface area contributed by atoms with Crippen LogP contribution >= 0.6 is 0 Å². The van der Waals surface area contributed by atoms with Crippen molar-refractivity contribution in [1.82, 2.24) is 9.88 Å². The van der Waals surface area contributed by atoms with Gasteiger partial charge in [-0.2, -0.15) is 0 Å². The maximum atomic E-state index is 12.4. The lowest BCUT2D eigenvalue weighted by Gasteiger charge is -2.28. The lowest BCUT2D eigenvalue weighted by molar-refractivity contribution is 0.0891. The van der Waals surface area contributed by atoms with Crippen molar-refractivity contribution in [3.8, 4) is 0 Å². The van der Waals surface area contributed by atoms with Crippen LogP contribution in [0.25, 0.3) is 0 Å². The minimum atomic E-state index is -0.201. The van der Waals surface area contributed by atoms with Gasteiger partial charge in [-0.25, -0.2) is 0 Å². The summed E-state index contributed by atoms with van der Waals surface area (Å²) in [6, 6.07) is 3.72. The van der Waals surface area contributed by atoms with Crippen LogP contribution in [-0.4, -0.2) is 36.3 Å². The number of rotatable bonds is 6. The molecular formula is C14H23N3O2. The molecule has 0 radical (unpaired) electrons. The van der Waals surface area contributed by atoms with E-state index in [9.17, 15) is 4.79 Å². The Hall–Kier alpha value is -1.33. The Morgan fingerprint density at radius 1 is 1.53 bits per heavy atom. The monoisotopic (exact) mass is 265 g/mol. The molecule has 0 atom stereocenters. The van der Waals surface area contributed by atoms with Gasteiger partial charge in [0.05, 0.1) is 12.1 Å². The van der Waals surface area contributed by atoms with Gasteiger partial charge in [-0.1, -0.05) is 12.8 Å². The number of carbonyl (C=O) groups is 1. The molecule has 0 aliphatic heterocycles. The van der Waals surface area contributed by atoms with E-state index in [1.807, 2.05) is 22.9 Å². The first-order chi connectivity index (χ1) is 9.21. The van der Waals surface area contributed by atoms with Crippen molar-refractivity contribution in [2.45, 2.75) is 37.8 Å². The summed E-state index contributed by atoms with van der Waals surface area (Å²) in [7, 11) is 1.66. The molecule has 0 saturated heterocycles. The van der Waals surface area contributed by atoms with Crippen molar-refractivity contribution >= 4 is 5.91 Å². The van der Waals surface area contributed by atoms with Gasteiger partial charge in [-0.3, -0.25) is 4.79 Å². The van der Waals surface area contributed by atoms with Crippen molar-refractivity contribution in [1.29, 1.82) is 0 Å². The van der Waals surface area contributed by atoms with E-state index in [1.54, 1.807) is 7.11 Å². The van der Waals surface area contributed by atoms with E-state index in [4.69, 9.17) is 10.5 Å². The molecule has 1 aliphatic rings. The fraction of sp³-hybridized carbons (Fsp3) is 0.643. The number of methoxy groups -OCH3 is 1. The number of nitrogens with two attached hydrogens (primary N) is 1. The molecule has 2 rings (SSSR count). The van der Waals surface area contributed by atoms with E-state index in [0.717, 1.165) is 25.7 Å². The van der Waals surface area contributed by atoms with Gasteiger partial charge in [0, 0.05) is 26.4 Å². The maximum Gasteiger partial charge on any atom is 0.268 e. The average molecular weight is 265 g/mol. The van der Waals surface area contributed by atoms with Gasteiger partial charge in [0.1, 0.15) is 5.69 Å². The predicted molar refractivity (Wildman–Crippen MR) is 74.0 cm³/mol. The molecule has 1 aromatic rings. The molecule has 1 heterocycles. The van der Waals surface area contributed by atoms with Gasteiger partial charge in [0.25, 0.3) is 5.91 Å². The fourth-order valence-electron chi connectivity index (χ4n) is 2.74. The summed E-state index contributed by atoms with van der Waals surface area (Å²) < 4.78 is 6.97. The largest absolute Gasteiger partial charge is 0.383 e. The van der Waals surface area contributed by atoms with E-state index in [2.05, 4.69) is 5.32 Å². The highest BCUT2D eigenvalue weighted by Gasteiger charge is 2.34. The molecule has 0 spiro atoms. The van der Waals surface area contributed by atoms with Crippen molar-refractivity contribution in [2.75, 3.05) is 20.3 Å². The third-order valence-electron chi connectivity index (χ3n) is 3.93. The summed E-state index contributed by atoms with van der Waals surface area (Å²) in [4.78, 5) is 12.4. The first kappa shape index (κ1) is 14.1. The van der Waals surface area contributed by atoms with Crippen LogP contribution < -0.4 is 11.1 Å². The molecular weight excluding hydrogens is 242 g/mol. The quantitative estimate of drug-likeness (QED) is 0.810. The Balaban J connectivity index is 2.05. The second-order valence-corrected chi connectivity index (χ2v) is 5.23. The third-order valence-corrected chi connectivity index (χ3v) is 3.93. The van der Waals surface area contributed by atoms with Crippen LogP contribution in [0.2, 0.25) is 0 Å². The standard InChI is InChI=1S/C14H23N3O2/c1-19-10-9-17-8-4-5-12(17)13(18)16-14(11-15)6-2-3-7-14/h4-5,8H,2-3,6-7,9-11,15H2,1H3,(H,16,18). The normalized spacial score (nSPS) is 17.6. The highest BCUT2D eigenvalue weighted by Crippen LogP contribution is 2.28. The SMILES string of the molecule is COCCn1cccc1C(=O)NC1(CN)CCCC1. The van der Waals surface area contributed by atoms with Crippen molar-refractivity contribution < 1.29 is 9.53 Å². The summed E-state index contributed by atoms with van der Waals surface area (Å²) >= 11 is 0. The number of nitrogens with one attached hydrogen (secondary N) is 1. The molecule has 3 N–H and O–H groups in total. The van der Waals surface area contributed by atoms with Crippen LogP contribution in [0, 0.1) is 0 Å². The minimum absolute atomic E-state index is 0.0338. The average Bonchev–Trinajstić information content (AvgIpc) is 3.05. The number of hydrogen-bond donors (Lipinski definition) is 2.